The molecule has 0 aliphatic rings. The summed E-state index contributed by atoms with van der Waals surface area (Å²) in [5.74, 6) is 3.91. The number of amides is 1. The molecule has 4 rings (SSSR count). The molecule has 1 unspecified atom stereocenters. The van der Waals surface area contributed by atoms with Crippen LogP contribution in [0, 0.1) is 23.5 Å². The van der Waals surface area contributed by atoms with E-state index in [0.717, 1.165) is 11.3 Å². The Morgan fingerprint density at radius 2 is 2.09 bits per heavy atom. The number of nitrogens with one attached hydrogen (secondary N) is 1. The third kappa shape index (κ3) is 4.32. The van der Waals surface area contributed by atoms with E-state index in [-0.39, 0.29) is 43.4 Å². The number of hydrogen-bond donors (Lipinski definition) is 2. The topological polar surface area (TPSA) is 97.0 Å². The molecule has 1 atom stereocenters. The highest BCUT2D eigenvalue weighted by Gasteiger charge is 2.22. The largest absolute Gasteiger partial charge is 0.375 e. The molecule has 34 heavy (non-hydrogen) atoms. The lowest BCUT2D eigenvalue weighted by molar-refractivity contribution is -0.124. The van der Waals surface area contributed by atoms with Gasteiger partial charge in [0, 0.05) is 36.1 Å². The molecule has 0 bridgehead atoms. The summed E-state index contributed by atoms with van der Waals surface area (Å²) in [7, 11) is 1.64. The van der Waals surface area contributed by atoms with Crippen LogP contribution in [0.2, 0.25) is 5.02 Å². The predicted octanol–water partition coefficient (Wildman–Crippen LogP) is 4.70. The SMILES string of the molecule is CC#CC(=O)N(C)CC(C)Nc1ncnc2c(F)c(-c3ccc(F)c4sc(N)nc34)c(Cl)cc12. The molecule has 0 aliphatic heterocycles. The molecular formula is C23H19ClF2N6OS. The fourth-order valence-corrected chi connectivity index (χ4v) is 4.72. The van der Waals surface area contributed by atoms with Gasteiger partial charge in [-0.2, -0.15) is 0 Å². The molecule has 0 aliphatic carbocycles. The van der Waals surface area contributed by atoms with Crippen molar-refractivity contribution in [3.63, 3.8) is 0 Å². The maximum atomic E-state index is 15.7. The minimum atomic E-state index is -0.689. The Labute approximate surface area is 203 Å². The Balaban J connectivity index is 1.76. The van der Waals surface area contributed by atoms with E-state index < -0.39 is 11.6 Å². The Hall–Kier alpha value is -3.55. The van der Waals surface area contributed by atoms with Gasteiger partial charge in [0.15, 0.2) is 10.9 Å². The van der Waals surface area contributed by atoms with Crippen LogP contribution in [0.4, 0.5) is 19.7 Å². The van der Waals surface area contributed by atoms with E-state index in [1.54, 1.807) is 20.0 Å². The number of nitrogens with two attached hydrogens (primary N) is 1. The van der Waals surface area contributed by atoms with Crippen LogP contribution in [0.5, 0.6) is 0 Å². The van der Waals surface area contributed by atoms with Crippen LogP contribution in [0.25, 0.3) is 32.2 Å². The third-order valence-corrected chi connectivity index (χ3v) is 6.30. The molecule has 4 aromatic rings. The molecule has 0 saturated heterocycles. The summed E-state index contributed by atoms with van der Waals surface area (Å²) in [6.45, 7) is 3.78. The second kappa shape index (κ2) is 9.37. The fraction of sp³-hybridized carbons (Fsp3) is 0.217. The minimum Gasteiger partial charge on any atom is -0.375 e. The maximum Gasteiger partial charge on any atom is 0.298 e. The van der Waals surface area contributed by atoms with Crippen molar-refractivity contribution < 1.29 is 13.6 Å². The Kier molecular flexibility index (Phi) is 6.50. The van der Waals surface area contributed by atoms with Gasteiger partial charge in [-0.3, -0.25) is 4.79 Å². The molecule has 2 aromatic carbocycles. The van der Waals surface area contributed by atoms with Crippen molar-refractivity contribution in [1.29, 1.82) is 0 Å². The lowest BCUT2D eigenvalue weighted by Crippen LogP contribution is -2.36. The predicted molar refractivity (Wildman–Crippen MR) is 132 cm³/mol. The van der Waals surface area contributed by atoms with E-state index in [1.165, 1.54) is 23.4 Å². The van der Waals surface area contributed by atoms with Crippen LogP contribution in [0.15, 0.2) is 24.5 Å². The number of carbonyl (C=O) groups is 1. The number of thiazole rings is 1. The molecular weight excluding hydrogens is 482 g/mol. The standard InChI is InChI=1S/C23H19ClF2N6OS/c1-4-5-16(33)32(3)9-11(2)30-22-13-8-14(24)17(18(26)19(13)28-10-29-22)12-6-7-15(25)21-20(12)31-23(27)34-21/h6-8,10-11H,9H2,1-3H3,(H2,27,31)(H,28,29,30). The number of hydrogen-bond acceptors (Lipinski definition) is 7. The highest BCUT2D eigenvalue weighted by Crippen LogP contribution is 2.41. The van der Waals surface area contributed by atoms with Crippen LogP contribution < -0.4 is 11.1 Å². The smallest absolute Gasteiger partial charge is 0.298 e. The summed E-state index contributed by atoms with van der Waals surface area (Å²) in [6, 6.07) is 3.96. The number of aromatic nitrogens is 3. The zero-order chi connectivity index (χ0) is 24.6. The Bertz CT molecular complexity index is 1500. The summed E-state index contributed by atoms with van der Waals surface area (Å²) in [4.78, 5) is 25.9. The van der Waals surface area contributed by atoms with Crippen LogP contribution in [0.1, 0.15) is 13.8 Å². The molecule has 0 spiro atoms. The molecule has 0 saturated carbocycles. The quantitative estimate of drug-likeness (QED) is 0.385. The number of halogens is 3. The molecule has 2 aromatic heterocycles. The van der Waals surface area contributed by atoms with E-state index in [1.807, 2.05) is 6.92 Å². The molecule has 0 radical (unpaired) electrons. The van der Waals surface area contributed by atoms with Gasteiger partial charge >= 0.3 is 0 Å². The van der Waals surface area contributed by atoms with Gasteiger partial charge in [0.25, 0.3) is 5.91 Å². The zero-order valence-corrected chi connectivity index (χ0v) is 20.0. The first-order valence-electron chi connectivity index (χ1n) is 10.1. The van der Waals surface area contributed by atoms with Gasteiger partial charge in [-0.1, -0.05) is 28.9 Å². The number of likely N-dealkylation sites (N-methyl/N-ethyl adjacent to an activating group) is 1. The lowest BCUT2D eigenvalue weighted by Gasteiger charge is -2.21. The summed E-state index contributed by atoms with van der Waals surface area (Å²) >= 11 is 7.49. The lowest BCUT2D eigenvalue weighted by atomic mass is 10.0. The number of anilines is 2. The number of carbonyl (C=O) groups excluding carboxylic acids is 1. The Morgan fingerprint density at radius 3 is 2.82 bits per heavy atom. The first-order chi connectivity index (χ1) is 16.2. The highest BCUT2D eigenvalue weighted by molar-refractivity contribution is 7.22. The van der Waals surface area contributed by atoms with Crippen LogP contribution in [0.3, 0.4) is 0 Å². The van der Waals surface area contributed by atoms with Crippen molar-refractivity contribution in [2.75, 3.05) is 24.6 Å². The number of rotatable bonds is 5. The van der Waals surface area contributed by atoms with Gasteiger partial charge in [-0.15, -0.1) is 0 Å². The number of nitrogens with zero attached hydrogens (tertiary/aromatic N) is 4. The van der Waals surface area contributed by atoms with Crippen molar-refractivity contribution in [3.8, 4) is 23.0 Å². The summed E-state index contributed by atoms with van der Waals surface area (Å²) in [5, 5.41) is 3.78. The first-order valence-corrected chi connectivity index (χ1v) is 11.3. The van der Waals surface area contributed by atoms with E-state index in [2.05, 4.69) is 32.1 Å². The number of benzene rings is 2. The Morgan fingerprint density at radius 1 is 1.32 bits per heavy atom. The van der Waals surface area contributed by atoms with Gasteiger partial charge in [0.2, 0.25) is 0 Å². The van der Waals surface area contributed by atoms with Crippen molar-refractivity contribution >= 4 is 60.9 Å². The molecule has 174 valence electrons. The second-order valence-electron chi connectivity index (χ2n) is 7.60. The van der Waals surface area contributed by atoms with E-state index in [4.69, 9.17) is 17.3 Å². The molecule has 2 heterocycles. The van der Waals surface area contributed by atoms with E-state index in [0.29, 0.717) is 23.3 Å². The third-order valence-electron chi connectivity index (χ3n) is 5.11. The van der Waals surface area contributed by atoms with Crippen LogP contribution >= 0.6 is 22.9 Å². The summed E-state index contributed by atoms with van der Waals surface area (Å²) in [5.41, 5.74) is 6.38. The average Bonchev–Trinajstić information content (AvgIpc) is 3.18. The maximum absolute atomic E-state index is 15.7. The monoisotopic (exact) mass is 500 g/mol. The van der Waals surface area contributed by atoms with Crippen LogP contribution in [-0.2, 0) is 4.79 Å². The van der Waals surface area contributed by atoms with Gasteiger partial charge in [-0.05, 0) is 38.0 Å². The van der Waals surface area contributed by atoms with Crippen molar-refractivity contribution in [2.45, 2.75) is 19.9 Å². The van der Waals surface area contributed by atoms with Gasteiger partial charge in [0.1, 0.15) is 23.5 Å². The number of nitrogen functional groups attached to an aromatic ring is 1. The normalized spacial score (nSPS) is 11.8. The van der Waals surface area contributed by atoms with Crippen molar-refractivity contribution in [3.05, 3.63) is 41.2 Å². The second-order valence-corrected chi connectivity index (χ2v) is 9.03. The van der Waals surface area contributed by atoms with Gasteiger partial charge in [-0.25, -0.2) is 23.7 Å². The van der Waals surface area contributed by atoms with Crippen molar-refractivity contribution in [2.24, 2.45) is 0 Å². The zero-order valence-electron chi connectivity index (χ0n) is 18.4. The number of fused-ring (bicyclic) bond motifs is 2. The first kappa shape index (κ1) is 23.6. The molecule has 0 fully saturated rings. The van der Waals surface area contributed by atoms with Gasteiger partial charge in [0.05, 0.1) is 15.2 Å². The average molecular weight is 501 g/mol. The fourth-order valence-electron chi connectivity index (χ4n) is 3.66. The molecule has 3 N–H and O–H groups in total. The summed E-state index contributed by atoms with van der Waals surface area (Å²) in [6.07, 6.45) is 1.23. The van der Waals surface area contributed by atoms with Crippen LogP contribution in [-0.4, -0.2) is 45.4 Å². The highest BCUT2D eigenvalue weighted by atomic mass is 35.5. The van der Waals surface area contributed by atoms with E-state index >= 15 is 4.39 Å². The minimum absolute atomic E-state index is 0.0334. The summed E-state index contributed by atoms with van der Waals surface area (Å²) < 4.78 is 30.2. The van der Waals surface area contributed by atoms with Gasteiger partial charge < -0.3 is 16.0 Å². The molecule has 7 nitrogen and oxygen atoms in total. The van der Waals surface area contributed by atoms with E-state index in [9.17, 15) is 9.18 Å². The van der Waals surface area contributed by atoms with Crippen molar-refractivity contribution in [1.82, 2.24) is 19.9 Å². The molecule has 11 heteroatoms. The molecule has 1 amide bonds.